The van der Waals surface area contributed by atoms with Crippen LogP contribution < -0.4 is 10.6 Å². The lowest BCUT2D eigenvalue weighted by Crippen LogP contribution is -2.37. The number of nitro benzene ring substituents is 1. The number of rotatable bonds is 6. The summed E-state index contributed by atoms with van der Waals surface area (Å²) >= 11 is 0. The van der Waals surface area contributed by atoms with Crippen LogP contribution in [-0.2, 0) is 13.6 Å². The van der Waals surface area contributed by atoms with Crippen LogP contribution in [0.1, 0.15) is 41.9 Å². The Morgan fingerprint density at radius 3 is 2.44 bits per heavy atom. The van der Waals surface area contributed by atoms with E-state index in [1.54, 1.807) is 12.1 Å². The molecule has 8 nitrogen and oxygen atoms in total. The predicted molar refractivity (Wildman–Crippen MR) is 94.2 cm³/mol. The van der Waals surface area contributed by atoms with Gasteiger partial charge in [0, 0.05) is 37.0 Å². The zero-order valence-corrected chi connectivity index (χ0v) is 14.9. The average Bonchev–Trinajstić information content (AvgIpc) is 2.83. The lowest BCUT2D eigenvalue weighted by atomic mass is 10.0. The van der Waals surface area contributed by atoms with Crippen LogP contribution in [0.3, 0.4) is 0 Å². The van der Waals surface area contributed by atoms with E-state index in [2.05, 4.69) is 15.7 Å². The van der Waals surface area contributed by atoms with Gasteiger partial charge in [-0.15, -0.1) is 0 Å². The molecule has 0 saturated carbocycles. The predicted octanol–water partition coefficient (Wildman–Crippen LogP) is 2.90. The number of carbonyl (C=O) groups excluding carboxylic acids is 1. The van der Waals surface area contributed by atoms with E-state index < -0.39 is 4.92 Å². The molecule has 25 heavy (non-hydrogen) atoms. The number of nitrogens with one attached hydrogen (secondary N) is 2. The molecule has 0 radical (unpaired) electrons. The minimum atomic E-state index is -0.450. The molecule has 0 aliphatic rings. The van der Waals surface area contributed by atoms with Crippen molar-refractivity contribution in [2.24, 2.45) is 7.05 Å². The zero-order valence-electron chi connectivity index (χ0n) is 14.9. The molecule has 1 aromatic heterocycles. The normalized spacial score (nSPS) is 11.8. The van der Waals surface area contributed by atoms with Crippen LogP contribution in [-0.4, -0.2) is 20.7 Å². The van der Waals surface area contributed by atoms with Gasteiger partial charge in [0.1, 0.15) is 0 Å². The second-order valence-electron chi connectivity index (χ2n) is 5.92. The van der Waals surface area contributed by atoms with Crippen molar-refractivity contribution >= 4 is 11.7 Å². The lowest BCUT2D eigenvalue weighted by molar-refractivity contribution is -0.384. The molecule has 0 bridgehead atoms. The Labute approximate surface area is 146 Å². The number of non-ortho nitro benzene ring substituents is 1. The fourth-order valence-electron chi connectivity index (χ4n) is 2.80. The lowest BCUT2D eigenvalue weighted by Gasteiger charge is -2.18. The number of nitrogens with zero attached hydrogens (tertiary/aromatic N) is 3. The van der Waals surface area contributed by atoms with Gasteiger partial charge >= 0.3 is 6.03 Å². The van der Waals surface area contributed by atoms with Crippen LogP contribution in [0, 0.1) is 24.0 Å². The van der Waals surface area contributed by atoms with Gasteiger partial charge in [0.25, 0.3) is 5.69 Å². The number of hydrogen-bond acceptors (Lipinski definition) is 4. The quantitative estimate of drug-likeness (QED) is 0.621. The molecule has 0 aliphatic carbocycles. The SMILES string of the molecule is CCC(NC(=O)NCc1ccc([N+](=O)[O-])cc1)c1c(C)nn(C)c1C. The summed E-state index contributed by atoms with van der Waals surface area (Å²) in [7, 11) is 1.88. The number of amides is 2. The van der Waals surface area contributed by atoms with E-state index in [1.165, 1.54) is 12.1 Å². The number of carbonyl (C=O) groups is 1. The van der Waals surface area contributed by atoms with Crippen molar-refractivity contribution in [3.05, 3.63) is 56.9 Å². The maximum absolute atomic E-state index is 12.2. The van der Waals surface area contributed by atoms with Crippen LogP contribution in [0.25, 0.3) is 0 Å². The number of nitro groups is 1. The van der Waals surface area contributed by atoms with Crippen LogP contribution in [0.4, 0.5) is 10.5 Å². The molecule has 2 N–H and O–H groups in total. The van der Waals surface area contributed by atoms with Gasteiger partial charge in [-0.3, -0.25) is 14.8 Å². The van der Waals surface area contributed by atoms with E-state index in [1.807, 2.05) is 32.5 Å². The van der Waals surface area contributed by atoms with Crippen molar-refractivity contribution in [1.29, 1.82) is 0 Å². The average molecular weight is 345 g/mol. The second kappa shape index (κ2) is 7.78. The molecule has 134 valence electrons. The summed E-state index contributed by atoms with van der Waals surface area (Å²) in [5, 5.41) is 20.8. The number of benzene rings is 1. The van der Waals surface area contributed by atoms with Crippen molar-refractivity contribution in [2.45, 2.75) is 39.8 Å². The summed E-state index contributed by atoms with van der Waals surface area (Å²) in [6, 6.07) is 5.70. The maximum atomic E-state index is 12.2. The molecule has 0 saturated heterocycles. The Morgan fingerprint density at radius 1 is 1.32 bits per heavy atom. The Hall–Kier alpha value is -2.90. The standard InChI is InChI=1S/C17H23N5O3/c1-5-15(16-11(2)20-21(4)12(16)3)19-17(23)18-10-13-6-8-14(9-7-13)22(24)25/h6-9,15H,5,10H2,1-4H3,(H2,18,19,23). The van der Waals surface area contributed by atoms with E-state index in [0.717, 1.165) is 28.9 Å². The number of aromatic nitrogens is 2. The summed E-state index contributed by atoms with van der Waals surface area (Å²) in [5.41, 5.74) is 3.79. The van der Waals surface area contributed by atoms with E-state index in [-0.39, 0.29) is 17.8 Å². The molecule has 0 aliphatic heterocycles. The Balaban J connectivity index is 1.97. The molecule has 2 amide bonds. The van der Waals surface area contributed by atoms with Crippen LogP contribution in [0.15, 0.2) is 24.3 Å². The fourth-order valence-corrected chi connectivity index (χ4v) is 2.80. The molecule has 8 heteroatoms. The largest absolute Gasteiger partial charge is 0.334 e. The molecule has 1 heterocycles. The first-order valence-corrected chi connectivity index (χ1v) is 8.11. The van der Waals surface area contributed by atoms with Crippen LogP contribution in [0.5, 0.6) is 0 Å². The zero-order chi connectivity index (χ0) is 18.6. The van der Waals surface area contributed by atoms with Gasteiger partial charge in [-0.2, -0.15) is 5.10 Å². The summed E-state index contributed by atoms with van der Waals surface area (Å²) in [4.78, 5) is 22.4. The molecule has 0 fully saturated rings. The monoisotopic (exact) mass is 345 g/mol. The van der Waals surface area contributed by atoms with Crippen molar-refractivity contribution in [3.8, 4) is 0 Å². The number of urea groups is 1. The van der Waals surface area contributed by atoms with E-state index >= 15 is 0 Å². The second-order valence-corrected chi connectivity index (χ2v) is 5.92. The molecule has 1 unspecified atom stereocenters. The van der Waals surface area contributed by atoms with Gasteiger partial charge in [-0.05, 0) is 25.8 Å². The molecule has 0 spiro atoms. The Morgan fingerprint density at radius 2 is 1.96 bits per heavy atom. The third kappa shape index (κ3) is 4.34. The minimum absolute atomic E-state index is 0.0294. The van der Waals surface area contributed by atoms with Crippen molar-refractivity contribution in [1.82, 2.24) is 20.4 Å². The number of aryl methyl sites for hydroxylation is 2. The van der Waals surface area contributed by atoms with Gasteiger partial charge in [-0.1, -0.05) is 19.1 Å². The van der Waals surface area contributed by atoms with E-state index in [0.29, 0.717) is 6.54 Å². The highest BCUT2D eigenvalue weighted by Gasteiger charge is 2.20. The maximum Gasteiger partial charge on any atom is 0.315 e. The summed E-state index contributed by atoms with van der Waals surface area (Å²) in [6.45, 7) is 6.22. The third-order valence-electron chi connectivity index (χ3n) is 4.23. The van der Waals surface area contributed by atoms with Crippen molar-refractivity contribution in [3.63, 3.8) is 0 Å². The van der Waals surface area contributed by atoms with Gasteiger partial charge < -0.3 is 10.6 Å². The fraction of sp³-hybridized carbons (Fsp3) is 0.412. The van der Waals surface area contributed by atoms with Gasteiger partial charge in [0.2, 0.25) is 0 Å². The topological polar surface area (TPSA) is 102 Å². The first kappa shape index (κ1) is 18.4. The summed E-state index contributed by atoms with van der Waals surface area (Å²) in [5.74, 6) is 0. The van der Waals surface area contributed by atoms with Crippen LogP contribution in [0.2, 0.25) is 0 Å². The number of hydrogen-bond donors (Lipinski definition) is 2. The van der Waals surface area contributed by atoms with Gasteiger partial charge in [0.15, 0.2) is 0 Å². The van der Waals surface area contributed by atoms with Gasteiger partial charge in [0.05, 0.1) is 16.7 Å². The summed E-state index contributed by atoms with van der Waals surface area (Å²) in [6.07, 6.45) is 0.748. The first-order chi connectivity index (χ1) is 11.8. The molecular weight excluding hydrogens is 322 g/mol. The molecular formula is C17H23N5O3. The highest BCUT2D eigenvalue weighted by atomic mass is 16.6. The Bertz CT molecular complexity index is 767. The smallest absolute Gasteiger partial charge is 0.315 e. The summed E-state index contributed by atoms with van der Waals surface area (Å²) < 4.78 is 1.81. The minimum Gasteiger partial charge on any atom is -0.334 e. The molecule has 2 aromatic rings. The van der Waals surface area contributed by atoms with Crippen molar-refractivity contribution < 1.29 is 9.72 Å². The molecule has 1 aromatic carbocycles. The molecule has 1 atom stereocenters. The van der Waals surface area contributed by atoms with Crippen molar-refractivity contribution in [2.75, 3.05) is 0 Å². The highest BCUT2D eigenvalue weighted by Crippen LogP contribution is 2.23. The highest BCUT2D eigenvalue weighted by molar-refractivity contribution is 5.74. The third-order valence-corrected chi connectivity index (χ3v) is 4.23. The molecule has 2 rings (SSSR count). The Kier molecular flexibility index (Phi) is 5.74. The van der Waals surface area contributed by atoms with E-state index in [9.17, 15) is 14.9 Å². The van der Waals surface area contributed by atoms with Crippen LogP contribution >= 0.6 is 0 Å². The van der Waals surface area contributed by atoms with E-state index in [4.69, 9.17) is 0 Å². The van der Waals surface area contributed by atoms with Gasteiger partial charge in [-0.25, -0.2) is 4.79 Å². The first-order valence-electron chi connectivity index (χ1n) is 8.11.